The van der Waals surface area contributed by atoms with Gasteiger partial charge in [-0.25, -0.2) is 4.99 Å². The van der Waals surface area contributed by atoms with Gasteiger partial charge in [0.2, 0.25) is 0 Å². The summed E-state index contributed by atoms with van der Waals surface area (Å²) in [7, 11) is 1.68. The molecule has 0 saturated heterocycles. The molecule has 27 heavy (non-hydrogen) atoms. The Kier molecular flexibility index (Phi) is 10.7. The lowest BCUT2D eigenvalue weighted by atomic mass is 10.2. The maximum atomic E-state index is 5.69. The molecule has 152 valence electrons. The van der Waals surface area contributed by atoms with Crippen molar-refractivity contribution in [1.29, 1.82) is 0 Å². The molecule has 1 aliphatic carbocycles. The lowest BCUT2D eigenvalue weighted by Crippen LogP contribution is -2.39. The molecule has 0 radical (unpaired) electrons. The highest BCUT2D eigenvalue weighted by Gasteiger charge is 2.20. The normalized spacial score (nSPS) is 14.2. The third-order valence-corrected chi connectivity index (χ3v) is 4.35. The average molecular weight is 378 g/mol. The van der Waals surface area contributed by atoms with Gasteiger partial charge in [0, 0.05) is 39.5 Å². The summed E-state index contributed by atoms with van der Waals surface area (Å²) in [6.07, 6.45) is 4.62. The van der Waals surface area contributed by atoms with Crippen LogP contribution >= 0.6 is 0 Å². The Balaban J connectivity index is 1.71. The minimum Gasteiger partial charge on any atom is -0.497 e. The second-order valence-corrected chi connectivity index (χ2v) is 6.79. The maximum absolute atomic E-state index is 5.69. The molecule has 2 rings (SSSR count). The summed E-state index contributed by atoms with van der Waals surface area (Å²) in [4.78, 5) is 4.70. The molecule has 0 amide bonds. The van der Waals surface area contributed by atoms with E-state index in [0.29, 0.717) is 6.54 Å². The molecule has 0 bridgehead atoms. The zero-order chi connectivity index (χ0) is 19.2. The highest BCUT2D eigenvalue weighted by atomic mass is 16.5. The van der Waals surface area contributed by atoms with Crippen molar-refractivity contribution in [3.63, 3.8) is 0 Å². The van der Waals surface area contributed by atoms with Crippen molar-refractivity contribution in [1.82, 2.24) is 10.6 Å². The number of benzene rings is 1. The summed E-state index contributed by atoms with van der Waals surface area (Å²) in [6.45, 7) is 7.59. The van der Waals surface area contributed by atoms with Crippen LogP contribution in [-0.4, -0.2) is 52.6 Å². The fraction of sp³-hybridized carbons (Fsp3) is 0.667. The van der Waals surface area contributed by atoms with Crippen LogP contribution in [0, 0.1) is 5.92 Å². The highest BCUT2D eigenvalue weighted by molar-refractivity contribution is 5.79. The Morgan fingerprint density at radius 2 is 1.70 bits per heavy atom. The summed E-state index contributed by atoms with van der Waals surface area (Å²) in [5.74, 6) is 2.53. The maximum Gasteiger partial charge on any atom is 0.191 e. The number of methoxy groups -OCH3 is 1. The predicted octanol–water partition coefficient (Wildman–Crippen LogP) is 2.97. The Bertz CT molecular complexity index is 530. The summed E-state index contributed by atoms with van der Waals surface area (Å²) in [5.41, 5.74) is 1.15. The topological polar surface area (TPSA) is 64.1 Å². The summed E-state index contributed by atoms with van der Waals surface area (Å²) in [6, 6.07) is 8.01. The molecule has 0 aliphatic heterocycles. The van der Waals surface area contributed by atoms with Crippen LogP contribution in [0.3, 0.4) is 0 Å². The van der Waals surface area contributed by atoms with Gasteiger partial charge in [0.15, 0.2) is 5.96 Å². The van der Waals surface area contributed by atoms with Gasteiger partial charge in [-0.3, -0.25) is 0 Å². The number of nitrogens with one attached hydrogen (secondary N) is 2. The molecule has 6 nitrogen and oxygen atoms in total. The lowest BCUT2D eigenvalue weighted by Gasteiger charge is -2.13. The van der Waals surface area contributed by atoms with Gasteiger partial charge in [0.25, 0.3) is 0 Å². The van der Waals surface area contributed by atoms with E-state index in [1.54, 1.807) is 7.11 Å². The number of aliphatic imine (C=N–C) groups is 1. The van der Waals surface area contributed by atoms with Gasteiger partial charge >= 0.3 is 0 Å². The number of guanidine groups is 1. The second-order valence-electron chi connectivity index (χ2n) is 6.79. The molecular formula is C21H35N3O3. The van der Waals surface area contributed by atoms with E-state index < -0.39 is 0 Å². The minimum atomic E-state index is 0.628. The van der Waals surface area contributed by atoms with Gasteiger partial charge in [-0.15, -0.1) is 0 Å². The third-order valence-electron chi connectivity index (χ3n) is 4.35. The van der Waals surface area contributed by atoms with Crippen molar-refractivity contribution in [2.24, 2.45) is 10.9 Å². The Morgan fingerprint density at radius 3 is 2.30 bits per heavy atom. The van der Waals surface area contributed by atoms with Gasteiger partial charge in [-0.2, -0.15) is 0 Å². The molecule has 0 atom stereocenters. The van der Waals surface area contributed by atoms with Crippen LogP contribution in [0.4, 0.5) is 0 Å². The molecule has 0 unspecified atom stereocenters. The van der Waals surface area contributed by atoms with E-state index >= 15 is 0 Å². The van der Waals surface area contributed by atoms with Crippen LogP contribution in [0.2, 0.25) is 0 Å². The monoisotopic (exact) mass is 377 g/mol. The largest absolute Gasteiger partial charge is 0.497 e. The Morgan fingerprint density at radius 1 is 1.04 bits per heavy atom. The summed E-state index contributed by atoms with van der Waals surface area (Å²) in [5, 5.41) is 6.78. The lowest BCUT2D eigenvalue weighted by molar-refractivity contribution is 0.123. The van der Waals surface area contributed by atoms with Crippen molar-refractivity contribution in [2.45, 2.75) is 39.2 Å². The molecule has 2 N–H and O–H groups in total. The summed E-state index contributed by atoms with van der Waals surface area (Å²) >= 11 is 0. The molecule has 1 fully saturated rings. The average Bonchev–Trinajstić information content (AvgIpc) is 3.52. The van der Waals surface area contributed by atoms with E-state index in [1.807, 2.05) is 31.2 Å². The van der Waals surface area contributed by atoms with Crippen molar-refractivity contribution in [3.05, 3.63) is 29.8 Å². The molecule has 0 aromatic heterocycles. The first-order valence-electron chi connectivity index (χ1n) is 10.1. The van der Waals surface area contributed by atoms with E-state index in [1.165, 1.54) is 12.8 Å². The molecule has 6 heteroatoms. The SMILES string of the molecule is CCOCCCNC(=NCc1ccc(OC)cc1)NCCCOCC1CC1. The van der Waals surface area contributed by atoms with Crippen LogP contribution in [0.5, 0.6) is 5.75 Å². The molecule has 1 aliphatic rings. The standard InChI is InChI=1S/C21H35N3O3/c1-3-26-14-4-12-22-21(23-13-5-15-27-17-19-6-7-19)24-16-18-8-10-20(25-2)11-9-18/h8-11,19H,3-7,12-17H2,1-2H3,(H2,22,23,24). The van der Waals surface area contributed by atoms with Crippen molar-refractivity contribution < 1.29 is 14.2 Å². The number of ether oxygens (including phenoxy) is 3. The van der Waals surface area contributed by atoms with Gasteiger partial charge < -0.3 is 24.8 Å². The molecular weight excluding hydrogens is 342 g/mol. The van der Waals surface area contributed by atoms with Crippen molar-refractivity contribution in [3.8, 4) is 5.75 Å². The number of hydrogen-bond acceptors (Lipinski definition) is 4. The van der Waals surface area contributed by atoms with Crippen LogP contribution < -0.4 is 15.4 Å². The van der Waals surface area contributed by atoms with Gasteiger partial charge in [-0.1, -0.05) is 12.1 Å². The smallest absolute Gasteiger partial charge is 0.191 e. The van der Waals surface area contributed by atoms with E-state index in [0.717, 1.165) is 75.5 Å². The van der Waals surface area contributed by atoms with E-state index in [4.69, 9.17) is 19.2 Å². The predicted molar refractivity (Wildman–Crippen MR) is 109 cm³/mol. The van der Waals surface area contributed by atoms with Crippen LogP contribution in [0.25, 0.3) is 0 Å². The Hall–Kier alpha value is -1.79. The second kappa shape index (κ2) is 13.4. The highest BCUT2D eigenvalue weighted by Crippen LogP contribution is 2.28. The summed E-state index contributed by atoms with van der Waals surface area (Å²) < 4.78 is 16.3. The zero-order valence-corrected chi connectivity index (χ0v) is 16.8. The van der Waals surface area contributed by atoms with E-state index in [9.17, 15) is 0 Å². The molecule has 0 spiro atoms. The number of nitrogens with zero attached hydrogens (tertiary/aromatic N) is 1. The minimum absolute atomic E-state index is 0.628. The van der Waals surface area contributed by atoms with E-state index in [-0.39, 0.29) is 0 Å². The van der Waals surface area contributed by atoms with E-state index in [2.05, 4.69) is 10.6 Å². The third kappa shape index (κ3) is 10.2. The molecule has 1 saturated carbocycles. The van der Waals surface area contributed by atoms with Gasteiger partial charge in [0.1, 0.15) is 5.75 Å². The number of rotatable bonds is 14. The Labute approximate surface area is 163 Å². The fourth-order valence-electron chi connectivity index (χ4n) is 2.52. The first kappa shape index (κ1) is 21.5. The molecule has 1 aromatic rings. The first-order chi connectivity index (χ1) is 13.3. The van der Waals surface area contributed by atoms with Crippen LogP contribution in [0.15, 0.2) is 29.3 Å². The van der Waals surface area contributed by atoms with Gasteiger partial charge in [-0.05, 0) is 56.2 Å². The van der Waals surface area contributed by atoms with Gasteiger partial charge in [0.05, 0.1) is 13.7 Å². The van der Waals surface area contributed by atoms with Crippen molar-refractivity contribution >= 4 is 5.96 Å². The fourth-order valence-corrected chi connectivity index (χ4v) is 2.52. The quantitative estimate of drug-likeness (QED) is 0.296. The first-order valence-corrected chi connectivity index (χ1v) is 10.1. The van der Waals surface area contributed by atoms with Crippen molar-refractivity contribution in [2.75, 3.05) is 46.6 Å². The zero-order valence-electron chi connectivity index (χ0n) is 16.8. The molecule has 0 heterocycles. The number of hydrogen-bond donors (Lipinski definition) is 2. The molecule has 1 aromatic carbocycles. The van der Waals surface area contributed by atoms with Crippen LogP contribution in [-0.2, 0) is 16.0 Å². The van der Waals surface area contributed by atoms with Crippen LogP contribution in [0.1, 0.15) is 38.2 Å².